The SMILES string of the molecule is Fc1ccc(CN2CCN(c3nc4ccccc4s3)CC2)cc1. The van der Waals surface area contributed by atoms with Crippen LogP contribution in [0.4, 0.5) is 9.52 Å². The summed E-state index contributed by atoms with van der Waals surface area (Å²) in [6, 6.07) is 15.1. The molecule has 1 aliphatic rings. The number of nitrogens with zero attached hydrogens (tertiary/aromatic N) is 3. The van der Waals surface area contributed by atoms with E-state index in [1.165, 1.54) is 22.4 Å². The third kappa shape index (κ3) is 3.21. The Morgan fingerprint density at radius 2 is 1.70 bits per heavy atom. The topological polar surface area (TPSA) is 19.4 Å². The van der Waals surface area contributed by atoms with Crippen LogP contribution in [0.1, 0.15) is 5.56 Å². The van der Waals surface area contributed by atoms with Crippen molar-refractivity contribution in [3.63, 3.8) is 0 Å². The van der Waals surface area contributed by atoms with Gasteiger partial charge in [-0.2, -0.15) is 0 Å². The van der Waals surface area contributed by atoms with E-state index in [2.05, 4.69) is 28.0 Å². The third-order valence-corrected chi connectivity index (χ3v) is 5.34. The minimum atomic E-state index is -0.172. The lowest BCUT2D eigenvalue weighted by Gasteiger charge is -2.34. The summed E-state index contributed by atoms with van der Waals surface area (Å²) < 4.78 is 14.2. The van der Waals surface area contributed by atoms with E-state index in [0.29, 0.717) is 0 Å². The highest BCUT2D eigenvalue weighted by atomic mass is 32.1. The van der Waals surface area contributed by atoms with Gasteiger partial charge in [0.1, 0.15) is 5.82 Å². The molecule has 5 heteroatoms. The number of thiazole rings is 1. The summed E-state index contributed by atoms with van der Waals surface area (Å²) in [7, 11) is 0. The van der Waals surface area contributed by atoms with E-state index in [-0.39, 0.29) is 5.82 Å². The van der Waals surface area contributed by atoms with Crippen LogP contribution in [0.2, 0.25) is 0 Å². The van der Waals surface area contributed by atoms with Crippen molar-refractivity contribution < 1.29 is 4.39 Å². The number of piperazine rings is 1. The lowest BCUT2D eigenvalue weighted by molar-refractivity contribution is 0.250. The maximum atomic E-state index is 13.0. The van der Waals surface area contributed by atoms with Crippen LogP contribution in [0.3, 0.4) is 0 Å². The van der Waals surface area contributed by atoms with E-state index in [1.807, 2.05) is 18.2 Å². The number of benzene rings is 2. The van der Waals surface area contributed by atoms with E-state index in [0.717, 1.165) is 43.4 Å². The number of hydrogen-bond donors (Lipinski definition) is 0. The van der Waals surface area contributed by atoms with E-state index in [1.54, 1.807) is 11.3 Å². The number of para-hydroxylation sites is 1. The molecule has 0 N–H and O–H groups in total. The highest BCUT2D eigenvalue weighted by molar-refractivity contribution is 7.22. The highest BCUT2D eigenvalue weighted by Crippen LogP contribution is 2.29. The van der Waals surface area contributed by atoms with Crippen LogP contribution >= 0.6 is 11.3 Å². The zero-order valence-corrected chi connectivity index (χ0v) is 13.6. The predicted octanol–water partition coefficient (Wildman–Crippen LogP) is 3.76. The van der Waals surface area contributed by atoms with Crippen molar-refractivity contribution in [2.75, 3.05) is 31.1 Å². The third-order valence-electron chi connectivity index (χ3n) is 4.24. The van der Waals surface area contributed by atoms with Crippen molar-refractivity contribution in [2.24, 2.45) is 0 Å². The second kappa shape index (κ2) is 6.26. The van der Waals surface area contributed by atoms with Crippen LogP contribution in [0.5, 0.6) is 0 Å². The average molecular weight is 327 g/mol. The Bertz CT molecular complexity index is 758. The van der Waals surface area contributed by atoms with Gasteiger partial charge in [-0.25, -0.2) is 9.37 Å². The van der Waals surface area contributed by atoms with Gasteiger partial charge in [-0.1, -0.05) is 35.6 Å². The number of halogens is 1. The number of hydrogen-bond acceptors (Lipinski definition) is 4. The van der Waals surface area contributed by atoms with Crippen molar-refractivity contribution in [3.8, 4) is 0 Å². The van der Waals surface area contributed by atoms with Gasteiger partial charge in [-0.3, -0.25) is 4.90 Å². The van der Waals surface area contributed by atoms with Gasteiger partial charge in [-0.15, -0.1) is 0 Å². The Morgan fingerprint density at radius 3 is 2.43 bits per heavy atom. The number of aromatic nitrogens is 1. The van der Waals surface area contributed by atoms with Crippen LogP contribution in [0.15, 0.2) is 48.5 Å². The molecule has 1 fully saturated rings. The minimum Gasteiger partial charge on any atom is -0.345 e. The second-order valence-corrected chi connectivity index (χ2v) is 6.86. The van der Waals surface area contributed by atoms with Gasteiger partial charge in [0.15, 0.2) is 5.13 Å². The van der Waals surface area contributed by atoms with Crippen molar-refractivity contribution in [3.05, 3.63) is 59.9 Å². The molecular weight excluding hydrogens is 309 g/mol. The molecule has 4 rings (SSSR count). The van der Waals surface area contributed by atoms with Gasteiger partial charge in [0, 0.05) is 32.7 Å². The first-order valence-corrected chi connectivity index (χ1v) is 8.67. The zero-order chi connectivity index (χ0) is 15.6. The summed E-state index contributed by atoms with van der Waals surface area (Å²) in [6.07, 6.45) is 0. The first-order valence-electron chi connectivity index (χ1n) is 7.85. The molecule has 0 amide bonds. The molecule has 3 nitrogen and oxygen atoms in total. The van der Waals surface area contributed by atoms with E-state index >= 15 is 0 Å². The summed E-state index contributed by atoms with van der Waals surface area (Å²) in [5.41, 5.74) is 2.25. The molecule has 0 bridgehead atoms. The van der Waals surface area contributed by atoms with Crippen molar-refractivity contribution in [1.82, 2.24) is 9.88 Å². The molecule has 118 valence electrons. The molecule has 0 saturated carbocycles. The van der Waals surface area contributed by atoms with Gasteiger partial charge < -0.3 is 4.90 Å². The van der Waals surface area contributed by atoms with Crippen molar-refractivity contribution >= 4 is 26.7 Å². The Hall–Kier alpha value is -1.98. The quantitative estimate of drug-likeness (QED) is 0.730. The average Bonchev–Trinajstić information content (AvgIpc) is 3.02. The second-order valence-electron chi connectivity index (χ2n) is 5.85. The molecule has 2 heterocycles. The fourth-order valence-corrected chi connectivity index (χ4v) is 3.96. The Balaban J connectivity index is 1.39. The lowest BCUT2D eigenvalue weighted by atomic mass is 10.2. The molecule has 1 saturated heterocycles. The van der Waals surface area contributed by atoms with Gasteiger partial charge >= 0.3 is 0 Å². The van der Waals surface area contributed by atoms with Crippen LogP contribution in [0, 0.1) is 5.82 Å². The molecule has 23 heavy (non-hydrogen) atoms. The first kappa shape index (κ1) is 14.6. The normalized spacial score (nSPS) is 16.1. The molecular formula is C18H18FN3S. The standard InChI is InChI=1S/C18H18FN3S/c19-15-7-5-14(6-8-15)13-21-9-11-22(12-10-21)18-20-16-3-1-2-4-17(16)23-18/h1-8H,9-13H2. The number of rotatable bonds is 3. The van der Waals surface area contributed by atoms with Gasteiger partial charge in [0.05, 0.1) is 10.2 Å². The minimum absolute atomic E-state index is 0.172. The van der Waals surface area contributed by atoms with E-state index < -0.39 is 0 Å². The molecule has 3 aromatic rings. The highest BCUT2D eigenvalue weighted by Gasteiger charge is 2.19. The van der Waals surface area contributed by atoms with Crippen LogP contribution in [-0.2, 0) is 6.54 Å². The van der Waals surface area contributed by atoms with Crippen LogP contribution < -0.4 is 4.90 Å². The Labute approximate surface area is 139 Å². The predicted molar refractivity (Wildman–Crippen MR) is 93.5 cm³/mol. The fraction of sp³-hybridized carbons (Fsp3) is 0.278. The molecule has 0 spiro atoms. The summed E-state index contributed by atoms with van der Waals surface area (Å²) in [5, 5.41) is 1.12. The van der Waals surface area contributed by atoms with Gasteiger partial charge in [-0.05, 0) is 29.8 Å². The van der Waals surface area contributed by atoms with Crippen LogP contribution in [-0.4, -0.2) is 36.1 Å². The monoisotopic (exact) mass is 327 g/mol. The van der Waals surface area contributed by atoms with Gasteiger partial charge in [0.2, 0.25) is 0 Å². The smallest absolute Gasteiger partial charge is 0.186 e. The lowest BCUT2D eigenvalue weighted by Crippen LogP contribution is -2.45. The number of anilines is 1. The largest absolute Gasteiger partial charge is 0.345 e. The Morgan fingerprint density at radius 1 is 0.957 bits per heavy atom. The van der Waals surface area contributed by atoms with Crippen molar-refractivity contribution in [2.45, 2.75) is 6.54 Å². The zero-order valence-electron chi connectivity index (χ0n) is 12.8. The maximum Gasteiger partial charge on any atom is 0.186 e. The molecule has 0 atom stereocenters. The fourth-order valence-electron chi connectivity index (χ4n) is 2.94. The molecule has 1 aromatic heterocycles. The Kier molecular flexibility index (Phi) is 3.97. The summed E-state index contributed by atoms with van der Waals surface area (Å²) >= 11 is 1.77. The molecule has 2 aromatic carbocycles. The molecule has 0 radical (unpaired) electrons. The van der Waals surface area contributed by atoms with E-state index in [9.17, 15) is 4.39 Å². The van der Waals surface area contributed by atoms with Crippen molar-refractivity contribution in [1.29, 1.82) is 0 Å². The first-order chi connectivity index (χ1) is 11.3. The molecule has 1 aliphatic heterocycles. The van der Waals surface area contributed by atoms with Crippen LogP contribution in [0.25, 0.3) is 10.2 Å². The summed E-state index contributed by atoms with van der Waals surface area (Å²) in [4.78, 5) is 9.52. The van der Waals surface area contributed by atoms with E-state index in [4.69, 9.17) is 4.98 Å². The number of fused-ring (bicyclic) bond motifs is 1. The molecule has 0 aliphatic carbocycles. The van der Waals surface area contributed by atoms with Gasteiger partial charge in [0.25, 0.3) is 0 Å². The molecule has 0 unspecified atom stereocenters. The summed E-state index contributed by atoms with van der Waals surface area (Å²) in [5.74, 6) is -0.172. The summed E-state index contributed by atoms with van der Waals surface area (Å²) in [6.45, 7) is 4.87. The maximum absolute atomic E-state index is 13.0.